The van der Waals surface area contributed by atoms with E-state index in [1.165, 1.54) is 26.4 Å². The number of aryl methyl sites for hydroxylation is 1. The number of carbonyl (C=O) groups excluding carboxylic acids is 1. The first-order valence-electron chi connectivity index (χ1n) is 10.9. The van der Waals surface area contributed by atoms with Gasteiger partial charge in [-0.05, 0) is 37.1 Å². The van der Waals surface area contributed by atoms with Gasteiger partial charge in [0.2, 0.25) is 15.9 Å². The number of rotatable bonds is 11. The Bertz CT molecular complexity index is 1200. The van der Waals surface area contributed by atoms with E-state index < -0.39 is 16.1 Å². The maximum Gasteiger partial charge on any atom is 0.241 e. The minimum absolute atomic E-state index is 0.108. The molecule has 0 saturated heterocycles. The fraction of sp³-hybridized carbons (Fsp3) is 0.269. The SMILES string of the molecule is COc1cccc([C@@H](CC(=O)NCCc2ccccc2)NS(=O)(=O)c2ccc(C)cc2)c1OC. The monoisotopic (exact) mass is 482 g/mol. The van der Waals surface area contributed by atoms with E-state index in [4.69, 9.17) is 9.47 Å². The lowest BCUT2D eigenvalue weighted by Crippen LogP contribution is -2.34. The molecule has 0 fully saturated rings. The van der Waals surface area contributed by atoms with Gasteiger partial charge >= 0.3 is 0 Å². The Morgan fingerprint density at radius 2 is 1.62 bits per heavy atom. The van der Waals surface area contributed by atoms with Crippen LogP contribution in [0.4, 0.5) is 0 Å². The lowest BCUT2D eigenvalue weighted by Gasteiger charge is -2.22. The summed E-state index contributed by atoms with van der Waals surface area (Å²) in [6.07, 6.45) is 0.568. The van der Waals surface area contributed by atoms with Crippen LogP contribution in [0.1, 0.15) is 29.2 Å². The van der Waals surface area contributed by atoms with Gasteiger partial charge in [-0.1, -0.05) is 60.2 Å². The molecule has 3 aromatic carbocycles. The molecular weight excluding hydrogens is 452 g/mol. The van der Waals surface area contributed by atoms with Crippen molar-refractivity contribution in [1.82, 2.24) is 10.0 Å². The summed E-state index contributed by atoms with van der Waals surface area (Å²) in [5, 5.41) is 2.88. The number of hydrogen-bond acceptors (Lipinski definition) is 5. The molecule has 0 spiro atoms. The number of hydrogen-bond donors (Lipinski definition) is 2. The zero-order valence-electron chi connectivity index (χ0n) is 19.6. The van der Waals surface area contributed by atoms with Crippen LogP contribution in [0.25, 0.3) is 0 Å². The van der Waals surface area contributed by atoms with Crippen molar-refractivity contribution in [2.45, 2.75) is 30.7 Å². The zero-order chi connectivity index (χ0) is 24.6. The van der Waals surface area contributed by atoms with Gasteiger partial charge in [-0.15, -0.1) is 0 Å². The molecule has 1 amide bonds. The molecule has 2 N–H and O–H groups in total. The number of benzene rings is 3. The molecule has 3 rings (SSSR count). The Labute approximate surface area is 201 Å². The van der Waals surface area contributed by atoms with E-state index in [1.807, 2.05) is 37.3 Å². The van der Waals surface area contributed by atoms with E-state index >= 15 is 0 Å². The Morgan fingerprint density at radius 3 is 2.26 bits per heavy atom. The largest absolute Gasteiger partial charge is 0.493 e. The molecule has 0 aliphatic heterocycles. The average molecular weight is 483 g/mol. The molecule has 8 heteroatoms. The van der Waals surface area contributed by atoms with Crippen LogP contribution in [0.3, 0.4) is 0 Å². The van der Waals surface area contributed by atoms with Crippen molar-refractivity contribution >= 4 is 15.9 Å². The summed E-state index contributed by atoms with van der Waals surface area (Å²) >= 11 is 0. The fourth-order valence-corrected chi connectivity index (χ4v) is 4.84. The highest BCUT2D eigenvalue weighted by molar-refractivity contribution is 7.89. The van der Waals surface area contributed by atoms with Gasteiger partial charge in [-0.25, -0.2) is 13.1 Å². The summed E-state index contributed by atoms with van der Waals surface area (Å²) in [6.45, 7) is 2.32. The van der Waals surface area contributed by atoms with Crippen molar-refractivity contribution in [1.29, 1.82) is 0 Å². The average Bonchev–Trinajstić information content (AvgIpc) is 2.83. The lowest BCUT2D eigenvalue weighted by atomic mass is 10.0. The Hall–Kier alpha value is -3.36. The van der Waals surface area contributed by atoms with Gasteiger partial charge in [-0.2, -0.15) is 0 Å². The van der Waals surface area contributed by atoms with Crippen LogP contribution in [0.2, 0.25) is 0 Å². The summed E-state index contributed by atoms with van der Waals surface area (Å²) < 4.78 is 39.9. The minimum atomic E-state index is -3.90. The van der Waals surface area contributed by atoms with Crippen molar-refractivity contribution in [3.8, 4) is 11.5 Å². The molecule has 0 aliphatic carbocycles. The zero-order valence-corrected chi connectivity index (χ0v) is 20.4. The molecule has 1 atom stereocenters. The predicted octanol–water partition coefficient (Wildman–Crippen LogP) is 3.78. The molecule has 180 valence electrons. The maximum atomic E-state index is 13.1. The predicted molar refractivity (Wildman–Crippen MR) is 132 cm³/mol. The molecule has 3 aromatic rings. The van der Waals surface area contributed by atoms with Crippen LogP contribution in [0.5, 0.6) is 11.5 Å². The van der Waals surface area contributed by atoms with Gasteiger partial charge in [0.05, 0.1) is 25.2 Å². The maximum absolute atomic E-state index is 13.1. The smallest absolute Gasteiger partial charge is 0.241 e. The summed E-state index contributed by atoms with van der Waals surface area (Å²) in [5.41, 5.74) is 2.56. The van der Waals surface area contributed by atoms with Crippen molar-refractivity contribution in [2.24, 2.45) is 0 Å². The molecule has 0 radical (unpaired) electrons. The number of para-hydroxylation sites is 1. The van der Waals surface area contributed by atoms with Crippen LogP contribution in [0.15, 0.2) is 77.7 Å². The van der Waals surface area contributed by atoms with Gasteiger partial charge in [-0.3, -0.25) is 4.79 Å². The highest BCUT2D eigenvalue weighted by atomic mass is 32.2. The third-order valence-corrected chi connectivity index (χ3v) is 6.89. The van der Waals surface area contributed by atoms with Crippen LogP contribution in [0, 0.1) is 6.92 Å². The Balaban J connectivity index is 1.83. The second-order valence-electron chi connectivity index (χ2n) is 7.86. The van der Waals surface area contributed by atoms with Gasteiger partial charge < -0.3 is 14.8 Å². The molecule has 7 nitrogen and oxygen atoms in total. The highest BCUT2D eigenvalue weighted by Crippen LogP contribution is 2.36. The summed E-state index contributed by atoms with van der Waals surface area (Å²) in [5.74, 6) is 0.542. The normalized spacial score (nSPS) is 12.1. The van der Waals surface area contributed by atoms with Gasteiger partial charge in [0.25, 0.3) is 0 Å². The number of ether oxygens (including phenoxy) is 2. The van der Waals surface area contributed by atoms with E-state index in [0.717, 1.165) is 11.1 Å². The number of amides is 1. The van der Waals surface area contributed by atoms with E-state index in [-0.39, 0.29) is 17.2 Å². The van der Waals surface area contributed by atoms with Gasteiger partial charge in [0.1, 0.15) is 0 Å². The van der Waals surface area contributed by atoms with Crippen LogP contribution in [-0.2, 0) is 21.2 Å². The Kier molecular flexibility index (Phi) is 8.67. The molecule has 34 heavy (non-hydrogen) atoms. The van der Waals surface area contributed by atoms with Gasteiger partial charge in [0, 0.05) is 18.5 Å². The van der Waals surface area contributed by atoms with Crippen molar-refractivity contribution in [3.05, 3.63) is 89.5 Å². The fourth-order valence-electron chi connectivity index (χ4n) is 3.62. The molecule has 0 aromatic heterocycles. The van der Waals surface area contributed by atoms with Crippen molar-refractivity contribution in [2.75, 3.05) is 20.8 Å². The highest BCUT2D eigenvalue weighted by Gasteiger charge is 2.27. The quantitative estimate of drug-likeness (QED) is 0.434. The van der Waals surface area contributed by atoms with Gasteiger partial charge in [0.15, 0.2) is 11.5 Å². The Morgan fingerprint density at radius 1 is 0.912 bits per heavy atom. The summed E-state index contributed by atoms with van der Waals surface area (Å²) in [4.78, 5) is 12.9. The number of nitrogens with one attached hydrogen (secondary N) is 2. The first kappa shape index (κ1) is 25.3. The van der Waals surface area contributed by atoms with E-state index in [9.17, 15) is 13.2 Å². The van der Waals surface area contributed by atoms with E-state index in [2.05, 4.69) is 10.0 Å². The van der Waals surface area contributed by atoms with E-state index in [1.54, 1.807) is 30.3 Å². The first-order chi connectivity index (χ1) is 16.3. The summed E-state index contributed by atoms with van der Waals surface area (Å²) in [7, 11) is -0.922. The molecule has 0 heterocycles. The van der Waals surface area contributed by atoms with Crippen molar-refractivity contribution < 1.29 is 22.7 Å². The molecule has 0 aliphatic rings. The third kappa shape index (κ3) is 6.59. The summed E-state index contributed by atoms with van der Waals surface area (Å²) in [6, 6.07) is 20.7. The van der Waals surface area contributed by atoms with Crippen molar-refractivity contribution in [3.63, 3.8) is 0 Å². The van der Waals surface area contributed by atoms with Crippen LogP contribution in [-0.4, -0.2) is 35.1 Å². The van der Waals surface area contributed by atoms with Crippen LogP contribution >= 0.6 is 0 Å². The lowest BCUT2D eigenvalue weighted by molar-refractivity contribution is -0.121. The second kappa shape index (κ2) is 11.7. The third-order valence-electron chi connectivity index (χ3n) is 5.41. The number of methoxy groups -OCH3 is 2. The molecular formula is C26H30N2O5S. The van der Waals surface area contributed by atoms with Crippen LogP contribution < -0.4 is 19.5 Å². The molecule has 0 unspecified atom stereocenters. The number of sulfonamides is 1. The molecule has 0 bridgehead atoms. The van der Waals surface area contributed by atoms with E-state index in [0.29, 0.717) is 30.0 Å². The topological polar surface area (TPSA) is 93.7 Å². The second-order valence-corrected chi connectivity index (χ2v) is 9.57. The number of carbonyl (C=O) groups is 1. The first-order valence-corrected chi connectivity index (χ1v) is 12.4. The molecule has 0 saturated carbocycles. The minimum Gasteiger partial charge on any atom is -0.493 e. The standard InChI is InChI=1S/C26H30N2O5S/c1-19-12-14-21(15-13-19)34(30,31)28-23(22-10-7-11-24(32-2)26(22)33-3)18-25(29)27-17-16-20-8-5-4-6-9-20/h4-15,23,28H,16-18H2,1-3H3,(H,27,29)/t23-/m1/s1.